The van der Waals surface area contributed by atoms with E-state index in [0.717, 1.165) is 14.5 Å². The third-order valence-corrected chi connectivity index (χ3v) is 3.42. The number of halogens is 4. The van der Waals surface area contributed by atoms with Crippen LogP contribution in [-0.2, 0) is 4.74 Å². The van der Waals surface area contributed by atoms with Crippen molar-refractivity contribution in [3.8, 4) is 0 Å². The minimum atomic E-state index is -1.72. The van der Waals surface area contributed by atoms with Gasteiger partial charge in [0.15, 0.2) is 0 Å². The number of benzene rings is 1. The molecule has 0 atom stereocenters. The van der Waals surface area contributed by atoms with Crippen LogP contribution >= 0.6 is 62.7 Å². The lowest BCUT2D eigenvalue weighted by molar-refractivity contribution is 0.153. The van der Waals surface area contributed by atoms with Gasteiger partial charge in [0.05, 0.1) is 13.3 Å². The molecule has 0 spiro atoms. The summed E-state index contributed by atoms with van der Waals surface area (Å²) in [5, 5.41) is 3.91. The predicted molar refractivity (Wildman–Crippen MR) is 83.9 cm³/mol. The quantitative estimate of drug-likeness (QED) is 0.313. The molecule has 0 aliphatic rings. The molecule has 1 aromatic rings. The lowest BCUT2D eigenvalue weighted by Crippen LogP contribution is -2.22. The molecule has 0 saturated carbocycles. The molecule has 9 heteroatoms. The topological polar surface area (TPSA) is 41.9 Å². The molecule has 0 fully saturated rings. The van der Waals surface area contributed by atoms with Gasteiger partial charge >= 0.3 is 6.09 Å². The van der Waals surface area contributed by atoms with E-state index in [0.29, 0.717) is 11.9 Å². The lowest BCUT2D eigenvalue weighted by atomic mass is 10.2. The van der Waals surface area contributed by atoms with Crippen molar-refractivity contribution in [3.05, 3.63) is 34.3 Å². The third-order valence-electron chi connectivity index (χ3n) is 1.68. The molecule has 104 valence electrons. The van der Waals surface area contributed by atoms with Crippen LogP contribution in [0.2, 0.25) is 0 Å². The Balaban J connectivity index is 2.85. The first-order chi connectivity index (χ1) is 8.81. The highest BCUT2D eigenvalue weighted by atomic mass is 79.9. The van der Waals surface area contributed by atoms with E-state index in [1.165, 1.54) is 13.3 Å². The summed E-state index contributed by atoms with van der Waals surface area (Å²) >= 11 is 20.7. The molecule has 1 rings (SSSR count). The van der Waals surface area contributed by atoms with Crippen molar-refractivity contribution in [2.75, 3.05) is 7.11 Å². The van der Waals surface area contributed by atoms with Gasteiger partial charge in [-0.1, -0.05) is 62.9 Å². The first-order valence-corrected chi connectivity index (χ1v) is 7.45. The van der Waals surface area contributed by atoms with Gasteiger partial charge in [0, 0.05) is 16.4 Å². The highest BCUT2D eigenvalue weighted by Gasteiger charge is 2.29. The van der Waals surface area contributed by atoms with Gasteiger partial charge in [0.2, 0.25) is 0 Å². The number of carbonyl (C=O) groups excluding carboxylic acids is 1. The average Bonchev–Trinajstić information content (AvgIpc) is 2.32. The fourth-order valence-corrected chi connectivity index (χ4v) is 2.43. The Hall–Kier alpha value is -0.140. The summed E-state index contributed by atoms with van der Waals surface area (Å²) in [5.74, 6) is 0. The summed E-state index contributed by atoms with van der Waals surface area (Å²) in [6.07, 6.45) is 0.702. The summed E-state index contributed by atoms with van der Waals surface area (Å²) in [6.45, 7) is 0. The van der Waals surface area contributed by atoms with Crippen molar-refractivity contribution in [3.63, 3.8) is 0 Å². The molecular formula is C10H8BrCl3N2O2S. The van der Waals surface area contributed by atoms with Crippen LogP contribution in [0, 0.1) is 0 Å². The van der Waals surface area contributed by atoms with Gasteiger partial charge in [-0.2, -0.15) is 5.10 Å². The smallest absolute Gasteiger partial charge is 0.440 e. The second kappa shape index (κ2) is 7.59. The molecule has 0 aliphatic carbocycles. The Morgan fingerprint density at radius 3 is 2.74 bits per heavy atom. The second-order valence-corrected chi connectivity index (χ2v) is 8.09. The largest absolute Gasteiger partial charge is 0.451 e. The maximum absolute atomic E-state index is 11.5. The Kier molecular flexibility index (Phi) is 6.76. The number of alkyl halides is 3. The Morgan fingerprint density at radius 2 is 2.21 bits per heavy atom. The van der Waals surface area contributed by atoms with Gasteiger partial charge in [0.1, 0.15) is 0 Å². The summed E-state index contributed by atoms with van der Waals surface area (Å²) in [4.78, 5) is 11.5. The van der Waals surface area contributed by atoms with Crippen LogP contribution in [0.1, 0.15) is 5.56 Å². The normalized spacial score (nSPS) is 11.6. The zero-order valence-corrected chi connectivity index (χ0v) is 14.2. The van der Waals surface area contributed by atoms with E-state index in [-0.39, 0.29) is 0 Å². The number of amides is 1. The van der Waals surface area contributed by atoms with Crippen LogP contribution in [0.5, 0.6) is 0 Å². The molecule has 0 unspecified atom stereocenters. The summed E-state index contributed by atoms with van der Waals surface area (Å²) in [6, 6.07) is 7.32. The van der Waals surface area contributed by atoms with Gasteiger partial charge < -0.3 is 4.74 Å². The maximum atomic E-state index is 11.5. The molecule has 19 heavy (non-hydrogen) atoms. The van der Waals surface area contributed by atoms with Crippen LogP contribution in [0.4, 0.5) is 4.79 Å². The molecule has 0 aromatic heterocycles. The first kappa shape index (κ1) is 16.9. The standard InChI is InChI=1S/C10H8BrCl3N2O2S/c1-18-9(17)16(19-10(12,13)14)15-6-7-3-2-4-8(11)5-7/h2-6H,1H3. The van der Waals surface area contributed by atoms with Gasteiger partial charge in [-0.05, 0) is 17.7 Å². The van der Waals surface area contributed by atoms with Crippen LogP contribution in [0.15, 0.2) is 33.8 Å². The summed E-state index contributed by atoms with van der Waals surface area (Å²) in [7, 11) is 1.21. The minimum absolute atomic E-state index is 0.603. The van der Waals surface area contributed by atoms with E-state index in [2.05, 4.69) is 25.8 Å². The number of methoxy groups -OCH3 is 1. The first-order valence-electron chi connectivity index (χ1n) is 4.75. The lowest BCUT2D eigenvalue weighted by Gasteiger charge is -2.18. The van der Waals surface area contributed by atoms with E-state index < -0.39 is 9.22 Å². The second-order valence-electron chi connectivity index (χ2n) is 3.08. The Morgan fingerprint density at radius 1 is 1.53 bits per heavy atom. The molecule has 0 aliphatic heterocycles. The molecule has 0 radical (unpaired) electrons. The minimum Gasteiger partial charge on any atom is -0.451 e. The average molecular weight is 407 g/mol. The van der Waals surface area contributed by atoms with Crippen LogP contribution in [0.3, 0.4) is 0 Å². The van der Waals surface area contributed by atoms with Crippen molar-refractivity contribution in [1.29, 1.82) is 0 Å². The highest BCUT2D eigenvalue weighted by molar-refractivity contribution is 9.10. The van der Waals surface area contributed by atoms with Gasteiger partial charge in [-0.15, -0.1) is 4.41 Å². The van der Waals surface area contributed by atoms with Gasteiger partial charge in [0.25, 0.3) is 3.12 Å². The van der Waals surface area contributed by atoms with Crippen molar-refractivity contribution in [2.24, 2.45) is 5.10 Å². The number of hydrazone groups is 1. The fourth-order valence-electron chi connectivity index (χ4n) is 0.990. The van der Waals surface area contributed by atoms with E-state index in [9.17, 15) is 4.79 Å². The van der Waals surface area contributed by atoms with Crippen LogP contribution < -0.4 is 0 Å². The molecule has 0 bridgehead atoms. The van der Waals surface area contributed by atoms with E-state index in [4.69, 9.17) is 34.8 Å². The number of rotatable bonds is 3. The predicted octanol–water partition coefficient (Wildman–Crippen LogP) is 4.83. The van der Waals surface area contributed by atoms with Crippen molar-refractivity contribution in [1.82, 2.24) is 4.41 Å². The number of ether oxygens (including phenoxy) is 1. The molecule has 4 nitrogen and oxygen atoms in total. The van der Waals surface area contributed by atoms with Crippen molar-refractivity contribution >= 4 is 75.0 Å². The molecule has 0 saturated heterocycles. The fraction of sp³-hybridized carbons (Fsp3) is 0.200. The third kappa shape index (κ3) is 6.72. The zero-order valence-electron chi connectivity index (χ0n) is 9.52. The van der Waals surface area contributed by atoms with E-state index in [1.807, 2.05) is 24.3 Å². The zero-order chi connectivity index (χ0) is 14.5. The Bertz CT molecular complexity index is 482. The van der Waals surface area contributed by atoms with Gasteiger partial charge in [-0.3, -0.25) is 0 Å². The van der Waals surface area contributed by atoms with E-state index >= 15 is 0 Å². The highest BCUT2D eigenvalue weighted by Crippen LogP contribution is 2.41. The van der Waals surface area contributed by atoms with Crippen molar-refractivity contribution < 1.29 is 9.53 Å². The monoisotopic (exact) mass is 404 g/mol. The Labute approximate surface area is 138 Å². The number of nitrogens with zero attached hydrogens (tertiary/aromatic N) is 2. The molecule has 1 aromatic carbocycles. The number of hydrogen-bond donors (Lipinski definition) is 0. The van der Waals surface area contributed by atoms with Crippen LogP contribution in [0.25, 0.3) is 0 Å². The van der Waals surface area contributed by atoms with Crippen LogP contribution in [-0.4, -0.2) is 27.0 Å². The number of carbonyl (C=O) groups is 1. The molecular weight excluding hydrogens is 398 g/mol. The molecule has 1 amide bonds. The maximum Gasteiger partial charge on any atom is 0.440 e. The van der Waals surface area contributed by atoms with Gasteiger partial charge in [-0.25, -0.2) is 4.79 Å². The summed E-state index contributed by atoms with van der Waals surface area (Å²) < 4.78 is 4.56. The SMILES string of the molecule is COC(=O)N(N=Cc1cccc(Br)c1)SC(Cl)(Cl)Cl. The van der Waals surface area contributed by atoms with Crippen molar-refractivity contribution in [2.45, 2.75) is 3.12 Å². The molecule has 0 N–H and O–H groups in total. The number of hydrogen-bond acceptors (Lipinski definition) is 4. The molecule has 0 heterocycles. The summed E-state index contributed by atoms with van der Waals surface area (Å²) in [5.41, 5.74) is 0.771. The van der Waals surface area contributed by atoms with E-state index in [1.54, 1.807) is 0 Å².